The fraction of sp³-hybridized carbons (Fsp3) is 1.00. The van der Waals surface area contributed by atoms with Crippen molar-refractivity contribution in [3.8, 4) is 0 Å². The van der Waals surface area contributed by atoms with Crippen molar-refractivity contribution in [2.24, 2.45) is 5.92 Å². The van der Waals surface area contributed by atoms with E-state index in [0.717, 1.165) is 19.4 Å². The molecule has 2 heteroatoms. The second kappa shape index (κ2) is 3.11. The Labute approximate surface area is 69.0 Å². The minimum Gasteiger partial charge on any atom is -0.388 e. The number of hydrogen-bond acceptors (Lipinski definition) is 2. The first-order valence-corrected chi connectivity index (χ1v) is 4.50. The van der Waals surface area contributed by atoms with Gasteiger partial charge in [-0.3, -0.25) is 0 Å². The summed E-state index contributed by atoms with van der Waals surface area (Å²) in [7, 11) is 0. The molecule has 1 fully saturated rings. The summed E-state index contributed by atoms with van der Waals surface area (Å²) in [6, 6.07) is 0.268. The van der Waals surface area contributed by atoms with Gasteiger partial charge in [-0.25, -0.2) is 0 Å². The molecule has 1 aliphatic heterocycles. The van der Waals surface area contributed by atoms with Gasteiger partial charge < -0.3 is 10.4 Å². The van der Waals surface area contributed by atoms with Crippen LogP contribution in [0, 0.1) is 5.92 Å². The molecule has 1 aliphatic rings. The Morgan fingerprint density at radius 1 is 1.64 bits per heavy atom. The molecule has 11 heavy (non-hydrogen) atoms. The van der Waals surface area contributed by atoms with Crippen LogP contribution in [-0.2, 0) is 0 Å². The highest BCUT2D eigenvalue weighted by atomic mass is 16.3. The molecule has 0 radical (unpaired) electrons. The first-order valence-electron chi connectivity index (χ1n) is 4.50. The predicted octanol–water partition coefficient (Wildman–Crippen LogP) is 1.15. The average molecular weight is 157 g/mol. The lowest BCUT2D eigenvalue weighted by molar-refractivity contribution is 0.0131. The van der Waals surface area contributed by atoms with E-state index in [9.17, 15) is 5.11 Å². The van der Waals surface area contributed by atoms with Crippen molar-refractivity contribution in [2.45, 2.75) is 45.3 Å². The monoisotopic (exact) mass is 157 g/mol. The zero-order chi connectivity index (χ0) is 8.48. The van der Waals surface area contributed by atoms with Gasteiger partial charge in [-0.05, 0) is 32.2 Å². The highest BCUT2D eigenvalue weighted by Gasteiger charge is 2.38. The van der Waals surface area contributed by atoms with Crippen molar-refractivity contribution in [2.75, 3.05) is 6.54 Å². The molecule has 1 rings (SSSR count). The molecular formula is C9H19NO. The van der Waals surface area contributed by atoms with Gasteiger partial charge in [0, 0.05) is 6.04 Å². The van der Waals surface area contributed by atoms with E-state index in [1.165, 1.54) is 0 Å². The van der Waals surface area contributed by atoms with Gasteiger partial charge in [0.1, 0.15) is 0 Å². The zero-order valence-electron chi connectivity index (χ0n) is 7.72. The van der Waals surface area contributed by atoms with Crippen molar-refractivity contribution in [1.82, 2.24) is 5.32 Å². The van der Waals surface area contributed by atoms with Crippen LogP contribution in [0.5, 0.6) is 0 Å². The molecule has 2 nitrogen and oxygen atoms in total. The molecule has 0 bridgehead atoms. The largest absolute Gasteiger partial charge is 0.388 e. The first kappa shape index (κ1) is 9.01. The van der Waals surface area contributed by atoms with E-state index in [0.29, 0.717) is 5.92 Å². The molecule has 0 aromatic carbocycles. The predicted molar refractivity (Wildman–Crippen MR) is 46.5 cm³/mol. The molecule has 0 amide bonds. The molecule has 1 heterocycles. The van der Waals surface area contributed by atoms with Gasteiger partial charge in [0.2, 0.25) is 0 Å². The van der Waals surface area contributed by atoms with Crippen LogP contribution < -0.4 is 5.32 Å². The van der Waals surface area contributed by atoms with Gasteiger partial charge >= 0.3 is 0 Å². The smallest absolute Gasteiger partial charge is 0.0811 e. The summed E-state index contributed by atoms with van der Waals surface area (Å²) < 4.78 is 0. The Morgan fingerprint density at radius 3 is 2.64 bits per heavy atom. The van der Waals surface area contributed by atoms with E-state index >= 15 is 0 Å². The van der Waals surface area contributed by atoms with Gasteiger partial charge in [-0.2, -0.15) is 0 Å². The fourth-order valence-electron chi connectivity index (χ4n) is 1.90. The second-order valence-corrected chi connectivity index (χ2v) is 4.13. The quantitative estimate of drug-likeness (QED) is 0.630. The standard InChI is InChI=1S/C9H19NO/c1-7(2)6-9(11)4-5-10-8(9)3/h7-8,10-11H,4-6H2,1-3H3. The van der Waals surface area contributed by atoms with Crippen LogP contribution in [0.3, 0.4) is 0 Å². The van der Waals surface area contributed by atoms with Crippen molar-refractivity contribution >= 4 is 0 Å². The summed E-state index contributed by atoms with van der Waals surface area (Å²) in [4.78, 5) is 0. The number of hydrogen-bond donors (Lipinski definition) is 2. The van der Waals surface area contributed by atoms with E-state index in [1.807, 2.05) is 0 Å². The van der Waals surface area contributed by atoms with Gasteiger partial charge in [-0.15, -0.1) is 0 Å². The maximum atomic E-state index is 10.1. The zero-order valence-corrected chi connectivity index (χ0v) is 7.72. The topological polar surface area (TPSA) is 32.3 Å². The third-order valence-electron chi connectivity index (χ3n) is 2.58. The van der Waals surface area contributed by atoms with E-state index in [-0.39, 0.29) is 6.04 Å². The minimum atomic E-state index is -0.436. The normalized spacial score (nSPS) is 38.5. The third kappa shape index (κ3) is 1.94. The Morgan fingerprint density at radius 2 is 2.27 bits per heavy atom. The molecule has 0 spiro atoms. The molecule has 0 aromatic rings. The highest BCUT2D eigenvalue weighted by Crippen LogP contribution is 2.27. The number of aliphatic hydroxyl groups is 1. The first-order chi connectivity index (χ1) is 5.04. The second-order valence-electron chi connectivity index (χ2n) is 4.13. The molecular weight excluding hydrogens is 138 g/mol. The Kier molecular flexibility index (Phi) is 2.55. The van der Waals surface area contributed by atoms with Crippen LogP contribution in [0.2, 0.25) is 0 Å². The van der Waals surface area contributed by atoms with Crippen LogP contribution in [0.1, 0.15) is 33.6 Å². The van der Waals surface area contributed by atoms with Crippen LogP contribution in [0.4, 0.5) is 0 Å². The molecule has 1 saturated heterocycles. The Balaban J connectivity index is 2.51. The maximum Gasteiger partial charge on any atom is 0.0811 e. The lowest BCUT2D eigenvalue weighted by Crippen LogP contribution is -2.41. The van der Waals surface area contributed by atoms with E-state index in [1.54, 1.807) is 0 Å². The summed E-state index contributed by atoms with van der Waals surface area (Å²) >= 11 is 0. The van der Waals surface area contributed by atoms with Crippen LogP contribution in [0.15, 0.2) is 0 Å². The molecule has 0 aromatic heterocycles. The van der Waals surface area contributed by atoms with Crippen LogP contribution in [-0.4, -0.2) is 23.3 Å². The van der Waals surface area contributed by atoms with Gasteiger partial charge in [0.05, 0.1) is 5.60 Å². The van der Waals surface area contributed by atoms with E-state index in [2.05, 4.69) is 26.1 Å². The molecule has 0 aliphatic carbocycles. The van der Waals surface area contributed by atoms with Gasteiger partial charge in [-0.1, -0.05) is 13.8 Å². The van der Waals surface area contributed by atoms with Gasteiger partial charge in [0.25, 0.3) is 0 Å². The number of nitrogens with one attached hydrogen (secondary N) is 1. The van der Waals surface area contributed by atoms with Crippen LogP contribution in [0.25, 0.3) is 0 Å². The van der Waals surface area contributed by atoms with E-state index in [4.69, 9.17) is 0 Å². The molecule has 0 saturated carbocycles. The summed E-state index contributed by atoms with van der Waals surface area (Å²) in [6.45, 7) is 7.34. The van der Waals surface area contributed by atoms with Crippen molar-refractivity contribution in [3.05, 3.63) is 0 Å². The molecule has 66 valence electrons. The fourth-order valence-corrected chi connectivity index (χ4v) is 1.90. The summed E-state index contributed by atoms with van der Waals surface area (Å²) in [6.07, 6.45) is 1.83. The lowest BCUT2D eigenvalue weighted by Gasteiger charge is -2.28. The average Bonchev–Trinajstić information content (AvgIpc) is 2.11. The minimum absolute atomic E-state index is 0.268. The highest BCUT2D eigenvalue weighted by molar-refractivity contribution is 4.95. The lowest BCUT2D eigenvalue weighted by atomic mass is 9.87. The molecule has 2 N–H and O–H groups in total. The van der Waals surface area contributed by atoms with E-state index < -0.39 is 5.60 Å². The van der Waals surface area contributed by atoms with Gasteiger partial charge in [0.15, 0.2) is 0 Å². The van der Waals surface area contributed by atoms with Crippen molar-refractivity contribution < 1.29 is 5.11 Å². The third-order valence-corrected chi connectivity index (χ3v) is 2.58. The summed E-state index contributed by atoms with van der Waals surface area (Å²) in [5, 5.41) is 13.3. The summed E-state index contributed by atoms with van der Waals surface area (Å²) in [5.74, 6) is 0.586. The molecule has 2 unspecified atom stereocenters. The number of rotatable bonds is 2. The maximum absolute atomic E-state index is 10.1. The van der Waals surface area contributed by atoms with Crippen molar-refractivity contribution in [1.29, 1.82) is 0 Å². The Hall–Kier alpha value is -0.0800. The summed E-state index contributed by atoms with van der Waals surface area (Å²) in [5.41, 5.74) is -0.436. The van der Waals surface area contributed by atoms with Crippen LogP contribution >= 0.6 is 0 Å². The Bertz CT molecular complexity index is 136. The molecule has 2 atom stereocenters. The SMILES string of the molecule is CC(C)CC1(O)CCNC1C. The van der Waals surface area contributed by atoms with Crippen molar-refractivity contribution in [3.63, 3.8) is 0 Å².